The normalized spacial score (nSPS) is 13.1. The van der Waals surface area contributed by atoms with Crippen LogP contribution in [0.25, 0.3) is 10.4 Å². The predicted octanol–water partition coefficient (Wildman–Crippen LogP) is 4.04. The smallest absolute Gasteiger partial charge is 0.143 e. The molecule has 2 unspecified atom stereocenters. The number of methoxy groups -OCH3 is 1. The van der Waals surface area contributed by atoms with E-state index < -0.39 is 24.4 Å². The van der Waals surface area contributed by atoms with E-state index in [1.165, 1.54) is 0 Å². The molecule has 0 aromatic heterocycles. The molecule has 0 bridgehead atoms. The quantitative estimate of drug-likeness (QED) is 0.224. The van der Waals surface area contributed by atoms with Crippen LogP contribution in [-0.4, -0.2) is 42.7 Å². The monoisotopic (exact) mass is 419 g/mol. The SMILES string of the molecule is COc1ccc(C(OCC(O)C(CO)N=[N+]=[N-])(c2ccccc2)c2ccccc2)cc1. The van der Waals surface area contributed by atoms with E-state index in [-0.39, 0.29) is 6.61 Å². The molecule has 0 radical (unpaired) electrons. The second-order valence-corrected chi connectivity index (χ2v) is 6.97. The third kappa shape index (κ3) is 4.87. The molecule has 3 aromatic carbocycles. The average Bonchev–Trinajstić information content (AvgIpc) is 2.84. The molecule has 7 heteroatoms. The van der Waals surface area contributed by atoms with E-state index in [4.69, 9.17) is 15.0 Å². The van der Waals surface area contributed by atoms with Crippen LogP contribution < -0.4 is 4.74 Å². The van der Waals surface area contributed by atoms with Crippen molar-refractivity contribution in [2.24, 2.45) is 5.11 Å². The summed E-state index contributed by atoms with van der Waals surface area (Å²) in [5, 5.41) is 23.5. The summed E-state index contributed by atoms with van der Waals surface area (Å²) >= 11 is 0. The van der Waals surface area contributed by atoms with Crippen molar-refractivity contribution in [2.75, 3.05) is 20.3 Å². The summed E-state index contributed by atoms with van der Waals surface area (Å²) in [7, 11) is 1.61. The zero-order valence-corrected chi connectivity index (χ0v) is 17.2. The van der Waals surface area contributed by atoms with Crippen LogP contribution in [0.1, 0.15) is 16.7 Å². The topological polar surface area (TPSA) is 108 Å². The molecule has 0 aliphatic carbocycles. The molecule has 0 spiro atoms. The zero-order chi connectivity index (χ0) is 22.1. The van der Waals surface area contributed by atoms with Gasteiger partial charge in [-0.25, -0.2) is 0 Å². The van der Waals surface area contributed by atoms with Gasteiger partial charge in [-0.3, -0.25) is 0 Å². The standard InChI is InChI=1S/C24H25N3O4/c1-30-21-14-12-20(13-15-21)24(18-8-4-2-5-9-18,19-10-6-3-7-11-19)31-17-23(29)22(16-28)26-27-25/h2-15,22-23,28-29H,16-17H2,1H3. The van der Waals surface area contributed by atoms with E-state index in [1.807, 2.05) is 84.9 Å². The minimum atomic E-state index is -1.19. The first-order valence-electron chi connectivity index (χ1n) is 9.88. The molecule has 0 aliphatic rings. The number of aliphatic hydroxyl groups is 2. The Bertz CT molecular complexity index is 951. The van der Waals surface area contributed by atoms with Gasteiger partial charge in [0.2, 0.25) is 0 Å². The van der Waals surface area contributed by atoms with Crippen LogP contribution in [0.4, 0.5) is 0 Å². The summed E-state index contributed by atoms with van der Waals surface area (Å²) in [6, 6.07) is 25.9. The van der Waals surface area contributed by atoms with Gasteiger partial charge in [0, 0.05) is 4.91 Å². The number of azide groups is 1. The Morgan fingerprint density at radius 1 is 0.903 bits per heavy atom. The first kappa shape index (κ1) is 22.3. The number of rotatable bonds is 10. The van der Waals surface area contributed by atoms with Crippen molar-refractivity contribution >= 4 is 0 Å². The summed E-state index contributed by atoms with van der Waals surface area (Å²) in [5.41, 5.74) is 10.2. The molecule has 0 fully saturated rings. The lowest BCUT2D eigenvalue weighted by Gasteiger charge is -2.37. The van der Waals surface area contributed by atoms with Gasteiger partial charge in [0.1, 0.15) is 11.4 Å². The molecule has 31 heavy (non-hydrogen) atoms. The third-order valence-corrected chi connectivity index (χ3v) is 5.16. The second-order valence-electron chi connectivity index (χ2n) is 6.97. The molecule has 7 nitrogen and oxygen atoms in total. The molecule has 0 amide bonds. The summed E-state index contributed by atoms with van der Waals surface area (Å²) < 4.78 is 11.8. The number of nitrogens with zero attached hydrogens (tertiary/aromatic N) is 3. The maximum absolute atomic E-state index is 10.6. The lowest BCUT2D eigenvalue weighted by molar-refractivity contribution is -0.0492. The molecule has 3 rings (SSSR count). The van der Waals surface area contributed by atoms with Crippen molar-refractivity contribution in [1.82, 2.24) is 0 Å². The van der Waals surface area contributed by atoms with Crippen LogP contribution in [0, 0.1) is 0 Å². The van der Waals surface area contributed by atoms with Gasteiger partial charge >= 0.3 is 0 Å². The molecular formula is C24H25N3O4. The predicted molar refractivity (Wildman–Crippen MR) is 118 cm³/mol. The fourth-order valence-electron chi connectivity index (χ4n) is 3.54. The van der Waals surface area contributed by atoms with E-state index in [9.17, 15) is 10.2 Å². The minimum Gasteiger partial charge on any atom is -0.497 e. The average molecular weight is 419 g/mol. The highest BCUT2D eigenvalue weighted by atomic mass is 16.5. The van der Waals surface area contributed by atoms with Crippen molar-refractivity contribution in [3.63, 3.8) is 0 Å². The lowest BCUT2D eigenvalue weighted by atomic mass is 9.80. The van der Waals surface area contributed by atoms with Gasteiger partial charge in [-0.15, -0.1) is 0 Å². The molecule has 3 aromatic rings. The van der Waals surface area contributed by atoms with Crippen molar-refractivity contribution in [3.05, 3.63) is 112 Å². The van der Waals surface area contributed by atoms with Crippen molar-refractivity contribution in [3.8, 4) is 5.75 Å². The number of benzene rings is 3. The minimum absolute atomic E-state index is 0.167. The first-order valence-corrected chi connectivity index (χ1v) is 9.88. The largest absolute Gasteiger partial charge is 0.497 e. The van der Waals surface area contributed by atoms with Crippen molar-refractivity contribution < 1.29 is 19.7 Å². The maximum Gasteiger partial charge on any atom is 0.143 e. The van der Waals surface area contributed by atoms with E-state index in [2.05, 4.69) is 10.0 Å². The molecule has 2 N–H and O–H groups in total. The first-order chi connectivity index (χ1) is 15.2. The summed E-state index contributed by atoms with van der Waals surface area (Å²) in [5.74, 6) is 0.711. The fourth-order valence-corrected chi connectivity index (χ4v) is 3.54. The molecule has 0 saturated carbocycles. The van der Waals surface area contributed by atoms with Gasteiger partial charge in [0.15, 0.2) is 0 Å². The van der Waals surface area contributed by atoms with Crippen molar-refractivity contribution in [2.45, 2.75) is 17.7 Å². The lowest BCUT2D eigenvalue weighted by Crippen LogP contribution is -2.39. The second kappa shape index (κ2) is 10.6. The summed E-state index contributed by atoms with van der Waals surface area (Å²) in [6.45, 7) is -0.652. The van der Waals surface area contributed by atoms with Gasteiger partial charge < -0.3 is 19.7 Å². The van der Waals surface area contributed by atoms with Crippen LogP contribution in [0.15, 0.2) is 90.0 Å². The number of ether oxygens (including phenoxy) is 2. The molecule has 0 heterocycles. The van der Waals surface area contributed by atoms with E-state index in [0.717, 1.165) is 16.7 Å². The highest BCUT2D eigenvalue weighted by Crippen LogP contribution is 2.41. The summed E-state index contributed by atoms with van der Waals surface area (Å²) in [6.07, 6.45) is -1.19. The van der Waals surface area contributed by atoms with Gasteiger partial charge in [-0.05, 0) is 34.4 Å². The molecule has 0 aliphatic heterocycles. The Morgan fingerprint density at radius 2 is 1.42 bits per heavy atom. The number of hydrogen-bond donors (Lipinski definition) is 2. The fraction of sp³-hybridized carbons (Fsp3) is 0.250. The van der Waals surface area contributed by atoms with Gasteiger partial charge in [-0.1, -0.05) is 77.9 Å². The highest BCUT2D eigenvalue weighted by Gasteiger charge is 2.38. The molecule has 2 atom stereocenters. The third-order valence-electron chi connectivity index (χ3n) is 5.16. The van der Waals surface area contributed by atoms with Crippen molar-refractivity contribution in [1.29, 1.82) is 0 Å². The Hall–Kier alpha value is -3.35. The van der Waals surface area contributed by atoms with Gasteiger partial charge in [-0.2, -0.15) is 0 Å². The Labute approximate surface area is 181 Å². The summed E-state index contributed by atoms with van der Waals surface area (Å²) in [4.78, 5) is 2.70. The van der Waals surface area contributed by atoms with E-state index in [0.29, 0.717) is 5.75 Å². The van der Waals surface area contributed by atoms with Gasteiger partial charge in [0.05, 0.1) is 32.5 Å². The van der Waals surface area contributed by atoms with E-state index in [1.54, 1.807) is 7.11 Å². The number of hydrogen-bond acceptors (Lipinski definition) is 5. The Morgan fingerprint density at radius 3 is 1.87 bits per heavy atom. The van der Waals surface area contributed by atoms with Crippen LogP contribution in [0.5, 0.6) is 5.75 Å². The van der Waals surface area contributed by atoms with Crippen LogP contribution in [0.2, 0.25) is 0 Å². The Balaban J connectivity index is 2.13. The number of aliphatic hydroxyl groups excluding tert-OH is 2. The van der Waals surface area contributed by atoms with Crippen LogP contribution >= 0.6 is 0 Å². The Kier molecular flexibility index (Phi) is 7.65. The van der Waals surface area contributed by atoms with Crippen LogP contribution in [-0.2, 0) is 10.3 Å². The van der Waals surface area contributed by atoms with Gasteiger partial charge in [0.25, 0.3) is 0 Å². The molecule has 160 valence electrons. The maximum atomic E-state index is 10.6. The molecule has 0 saturated heterocycles. The molecular weight excluding hydrogens is 394 g/mol. The van der Waals surface area contributed by atoms with E-state index >= 15 is 0 Å². The van der Waals surface area contributed by atoms with Crippen LogP contribution in [0.3, 0.4) is 0 Å². The highest BCUT2D eigenvalue weighted by molar-refractivity contribution is 5.48. The zero-order valence-electron chi connectivity index (χ0n) is 17.2.